The minimum absolute atomic E-state index is 0.201. The Kier molecular flexibility index (Phi) is 2.91. The van der Waals surface area contributed by atoms with E-state index in [0.717, 1.165) is 0 Å². The Morgan fingerprint density at radius 2 is 2.24 bits per heavy atom. The molecule has 0 radical (unpaired) electrons. The van der Waals surface area contributed by atoms with E-state index in [-0.39, 0.29) is 11.5 Å². The van der Waals surface area contributed by atoms with Crippen LogP contribution in [0.4, 0.5) is 4.39 Å². The van der Waals surface area contributed by atoms with Gasteiger partial charge in [-0.25, -0.2) is 4.39 Å². The molecule has 2 aromatic rings. The number of methoxy groups -OCH3 is 1. The van der Waals surface area contributed by atoms with Gasteiger partial charge in [0.1, 0.15) is 11.6 Å². The van der Waals surface area contributed by atoms with Gasteiger partial charge in [-0.05, 0) is 25.1 Å². The molecule has 17 heavy (non-hydrogen) atoms. The van der Waals surface area contributed by atoms with E-state index in [1.54, 1.807) is 0 Å². The molecule has 0 unspecified atom stereocenters. The highest BCUT2D eigenvalue weighted by atomic mass is 19.1. The molecule has 88 valence electrons. The van der Waals surface area contributed by atoms with Crippen molar-refractivity contribution in [3.8, 4) is 17.1 Å². The van der Waals surface area contributed by atoms with Gasteiger partial charge in [-0.1, -0.05) is 5.16 Å². The molecule has 0 N–H and O–H groups in total. The van der Waals surface area contributed by atoms with Crippen LogP contribution in [0, 0.1) is 5.82 Å². The summed E-state index contributed by atoms with van der Waals surface area (Å²) in [5, 5.41) is 3.55. The van der Waals surface area contributed by atoms with Crippen molar-refractivity contribution in [3.05, 3.63) is 35.8 Å². The van der Waals surface area contributed by atoms with Crippen LogP contribution in [-0.4, -0.2) is 18.0 Å². The average Bonchev–Trinajstić information content (AvgIpc) is 2.77. The lowest BCUT2D eigenvalue weighted by Gasteiger charge is -2.06. The van der Waals surface area contributed by atoms with Crippen molar-refractivity contribution in [2.45, 2.75) is 6.92 Å². The number of Topliss-reactive ketones (excluding diaryl/α,β-unsaturated/α-hetero) is 1. The van der Waals surface area contributed by atoms with Gasteiger partial charge in [0.25, 0.3) is 0 Å². The number of ether oxygens (including phenoxy) is 1. The third-order valence-corrected chi connectivity index (χ3v) is 2.36. The van der Waals surface area contributed by atoms with Gasteiger partial charge < -0.3 is 9.26 Å². The summed E-state index contributed by atoms with van der Waals surface area (Å²) in [7, 11) is 1.46. The Balaban J connectivity index is 2.63. The maximum absolute atomic E-state index is 13.2. The molecule has 1 aromatic heterocycles. The molecule has 1 aromatic carbocycles. The van der Waals surface area contributed by atoms with Gasteiger partial charge in [-0.3, -0.25) is 4.79 Å². The Morgan fingerprint density at radius 1 is 1.47 bits per heavy atom. The van der Waals surface area contributed by atoms with Crippen LogP contribution in [0.2, 0.25) is 0 Å². The van der Waals surface area contributed by atoms with Crippen molar-refractivity contribution in [2.75, 3.05) is 7.11 Å². The summed E-state index contributed by atoms with van der Waals surface area (Å²) in [5.41, 5.74) is 0.670. The number of rotatable bonds is 3. The van der Waals surface area contributed by atoms with Gasteiger partial charge in [0.05, 0.1) is 24.4 Å². The Bertz CT molecular complexity index is 563. The summed E-state index contributed by atoms with van der Waals surface area (Å²) in [5.74, 6) is -0.00114. The summed E-state index contributed by atoms with van der Waals surface area (Å²) in [6.07, 6.45) is 1.31. The number of hydrogen-bond donors (Lipinski definition) is 0. The minimum Gasteiger partial charge on any atom is -0.496 e. The summed E-state index contributed by atoms with van der Waals surface area (Å²) < 4.78 is 23.3. The van der Waals surface area contributed by atoms with E-state index in [0.29, 0.717) is 16.9 Å². The zero-order valence-electron chi connectivity index (χ0n) is 9.36. The van der Waals surface area contributed by atoms with Crippen molar-refractivity contribution < 1.29 is 18.4 Å². The monoisotopic (exact) mass is 235 g/mol. The molecule has 0 spiro atoms. The molecule has 0 fully saturated rings. The van der Waals surface area contributed by atoms with Crippen LogP contribution in [0.1, 0.15) is 17.3 Å². The Hall–Kier alpha value is -2.17. The highest BCUT2D eigenvalue weighted by molar-refractivity contribution is 5.99. The van der Waals surface area contributed by atoms with Crippen LogP contribution in [-0.2, 0) is 0 Å². The van der Waals surface area contributed by atoms with Gasteiger partial charge in [0.15, 0.2) is 11.5 Å². The van der Waals surface area contributed by atoms with Crippen LogP contribution >= 0.6 is 0 Å². The van der Waals surface area contributed by atoms with Crippen molar-refractivity contribution in [1.82, 2.24) is 5.16 Å². The van der Waals surface area contributed by atoms with Crippen LogP contribution in [0.25, 0.3) is 11.3 Å². The fourth-order valence-electron chi connectivity index (χ4n) is 1.54. The molecule has 5 heteroatoms. The Morgan fingerprint density at radius 3 is 2.88 bits per heavy atom. The zero-order valence-corrected chi connectivity index (χ0v) is 9.36. The standard InChI is InChI=1S/C12H10FNO3/c1-7(15)10-6-14-17-12(10)9-5-8(13)3-4-11(9)16-2/h3-6H,1-2H3. The molecule has 0 aliphatic rings. The highest BCUT2D eigenvalue weighted by Gasteiger charge is 2.18. The Labute approximate surface area is 97.0 Å². The number of hydrogen-bond acceptors (Lipinski definition) is 4. The van der Waals surface area contributed by atoms with E-state index in [9.17, 15) is 9.18 Å². The molecule has 0 saturated carbocycles. The first-order valence-corrected chi connectivity index (χ1v) is 4.93. The van der Waals surface area contributed by atoms with Crippen molar-refractivity contribution in [3.63, 3.8) is 0 Å². The first kappa shape index (κ1) is 11.3. The van der Waals surface area contributed by atoms with Crippen molar-refractivity contribution in [1.29, 1.82) is 0 Å². The second kappa shape index (κ2) is 4.37. The molecule has 4 nitrogen and oxygen atoms in total. The second-order valence-corrected chi connectivity index (χ2v) is 3.47. The highest BCUT2D eigenvalue weighted by Crippen LogP contribution is 2.33. The number of halogens is 1. The fourth-order valence-corrected chi connectivity index (χ4v) is 1.54. The number of ketones is 1. The maximum atomic E-state index is 13.2. The van der Waals surface area contributed by atoms with E-state index >= 15 is 0 Å². The largest absolute Gasteiger partial charge is 0.496 e. The lowest BCUT2D eigenvalue weighted by molar-refractivity contribution is 0.101. The van der Waals surface area contributed by atoms with E-state index < -0.39 is 5.82 Å². The molecule has 0 bridgehead atoms. The lowest BCUT2D eigenvalue weighted by atomic mass is 10.1. The first-order valence-electron chi connectivity index (χ1n) is 4.93. The number of carbonyl (C=O) groups excluding carboxylic acids is 1. The van der Waals surface area contributed by atoms with Crippen molar-refractivity contribution >= 4 is 5.78 Å². The van der Waals surface area contributed by atoms with E-state index in [2.05, 4.69) is 5.16 Å². The SMILES string of the molecule is COc1ccc(F)cc1-c1oncc1C(C)=O. The summed E-state index contributed by atoms with van der Waals surface area (Å²) in [6.45, 7) is 1.39. The van der Waals surface area contributed by atoms with Crippen LogP contribution in [0.15, 0.2) is 28.9 Å². The molecule has 0 saturated heterocycles. The quantitative estimate of drug-likeness (QED) is 0.767. The summed E-state index contributed by atoms with van der Waals surface area (Å²) in [4.78, 5) is 11.4. The number of nitrogens with zero attached hydrogens (tertiary/aromatic N) is 1. The predicted octanol–water partition coefficient (Wildman–Crippen LogP) is 2.69. The zero-order chi connectivity index (χ0) is 12.4. The molecule has 0 aliphatic carbocycles. The smallest absolute Gasteiger partial charge is 0.181 e. The van der Waals surface area contributed by atoms with E-state index in [1.807, 2.05) is 0 Å². The van der Waals surface area contributed by atoms with Gasteiger partial charge in [0.2, 0.25) is 0 Å². The molecular weight excluding hydrogens is 225 g/mol. The molecule has 0 atom stereocenters. The lowest BCUT2D eigenvalue weighted by Crippen LogP contribution is -1.94. The molecule has 0 aliphatic heterocycles. The third-order valence-electron chi connectivity index (χ3n) is 2.36. The average molecular weight is 235 g/mol. The third kappa shape index (κ3) is 2.04. The number of aromatic nitrogens is 1. The number of benzene rings is 1. The molecule has 2 rings (SSSR count). The normalized spacial score (nSPS) is 10.3. The van der Waals surface area contributed by atoms with E-state index in [1.165, 1.54) is 38.4 Å². The topological polar surface area (TPSA) is 52.3 Å². The fraction of sp³-hybridized carbons (Fsp3) is 0.167. The number of carbonyl (C=O) groups is 1. The molecular formula is C12H10FNO3. The van der Waals surface area contributed by atoms with Crippen LogP contribution < -0.4 is 4.74 Å². The second-order valence-electron chi connectivity index (χ2n) is 3.47. The van der Waals surface area contributed by atoms with Gasteiger partial charge in [-0.2, -0.15) is 0 Å². The van der Waals surface area contributed by atoms with Gasteiger partial charge in [-0.15, -0.1) is 0 Å². The first-order chi connectivity index (χ1) is 8.13. The van der Waals surface area contributed by atoms with E-state index in [4.69, 9.17) is 9.26 Å². The summed E-state index contributed by atoms with van der Waals surface area (Å²) in [6, 6.07) is 3.98. The maximum Gasteiger partial charge on any atom is 0.181 e. The minimum atomic E-state index is -0.438. The molecule has 0 amide bonds. The van der Waals surface area contributed by atoms with Gasteiger partial charge in [0, 0.05) is 0 Å². The van der Waals surface area contributed by atoms with Crippen molar-refractivity contribution in [2.24, 2.45) is 0 Å². The molecule has 1 heterocycles. The van der Waals surface area contributed by atoms with Crippen LogP contribution in [0.3, 0.4) is 0 Å². The predicted molar refractivity (Wildman–Crippen MR) is 58.5 cm³/mol. The van der Waals surface area contributed by atoms with Gasteiger partial charge >= 0.3 is 0 Å². The van der Waals surface area contributed by atoms with Crippen LogP contribution in [0.5, 0.6) is 5.75 Å². The summed E-state index contributed by atoms with van der Waals surface area (Å²) >= 11 is 0.